The van der Waals surface area contributed by atoms with Gasteiger partial charge < -0.3 is 30.0 Å². The molecule has 1 aliphatic rings. The van der Waals surface area contributed by atoms with Gasteiger partial charge in [0.25, 0.3) is 0 Å². The van der Waals surface area contributed by atoms with Gasteiger partial charge in [0.15, 0.2) is 11.5 Å². The summed E-state index contributed by atoms with van der Waals surface area (Å²) in [5.41, 5.74) is 7.61. The quantitative estimate of drug-likeness (QED) is 0.798. The second kappa shape index (κ2) is 6.19. The number of ether oxygens (including phenoxy) is 3. The molecule has 1 saturated heterocycles. The molecule has 1 aromatic carbocycles. The third kappa shape index (κ3) is 2.76. The Balaban J connectivity index is 2.35. The van der Waals surface area contributed by atoms with Crippen molar-refractivity contribution in [1.29, 1.82) is 0 Å². The highest BCUT2D eigenvalue weighted by molar-refractivity contribution is 5.73. The van der Waals surface area contributed by atoms with Gasteiger partial charge in [0.1, 0.15) is 0 Å². The number of aliphatic hydroxyl groups excluding tert-OH is 1. The standard InChI is InChI=1S/C14H22N2O4/c1-9-8-20-10(7-17)6-16(9)12-5-14(19-3)13(18-2)4-11(12)15/h4-5,9-10,17H,6-8,15H2,1-3H3. The minimum atomic E-state index is -0.196. The molecule has 6 heteroatoms. The fourth-order valence-corrected chi connectivity index (χ4v) is 2.40. The summed E-state index contributed by atoms with van der Waals surface area (Å²) in [6.07, 6.45) is -0.196. The minimum absolute atomic E-state index is 0.00356. The van der Waals surface area contributed by atoms with Crippen LogP contribution in [-0.2, 0) is 4.74 Å². The molecule has 0 bridgehead atoms. The molecule has 2 unspecified atom stereocenters. The molecule has 2 rings (SSSR count). The van der Waals surface area contributed by atoms with E-state index >= 15 is 0 Å². The first kappa shape index (κ1) is 14.7. The lowest BCUT2D eigenvalue weighted by Crippen LogP contribution is -2.49. The van der Waals surface area contributed by atoms with E-state index in [0.29, 0.717) is 30.3 Å². The summed E-state index contributed by atoms with van der Waals surface area (Å²) < 4.78 is 16.1. The molecule has 0 radical (unpaired) electrons. The molecule has 6 nitrogen and oxygen atoms in total. The molecule has 1 aromatic rings. The van der Waals surface area contributed by atoms with Crippen LogP contribution in [0.3, 0.4) is 0 Å². The van der Waals surface area contributed by atoms with Gasteiger partial charge in [-0.2, -0.15) is 0 Å². The van der Waals surface area contributed by atoms with Crippen LogP contribution >= 0.6 is 0 Å². The summed E-state index contributed by atoms with van der Waals surface area (Å²) in [5, 5.41) is 9.27. The van der Waals surface area contributed by atoms with Crippen molar-refractivity contribution in [3.63, 3.8) is 0 Å². The minimum Gasteiger partial charge on any atom is -0.493 e. The van der Waals surface area contributed by atoms with Gasteiger partial charge in [-0.15, -0.1) is 0 Å². The van der Waals surface area contributed by atoms with E-state index in [0.717, 1.165) is 5.69 Å². The number of methoxy groups -OCH3 is 2. The van der Waals surface area contributed by atoms with Crippen molar-refractivity contribution in [2.24, 2.45) is 0 Å². The average molecular weight is 282 g/mol. The zero-order valence-corrected chi connectivity index (χ0v) is 12.1. The second-order valence-corrected chi connectivity index (χ2v) is 4.91. The maximum absolute atomic E-state index is 9.27. The van der Waals surface area contributed by atoms with Gasteiger partial charge >= 0.3 is 0 Å². The molecule has 112 valence electrons. The molecule has 0 amide bonds. The van der Waals surface area contributed by atoms with Crippen LogP contribution in [-0.4, -0.2) is 51.2 Å². The van der Waals surface area contributed by atoms with E-state index < -0.39 is 0 Å². The van der Waals surface area contributed by atoms with Crippen LogP contribution in [0.5, 0.6) is 11.5 Å². The topological polar surface area (TPSA) is 77.2 Å². The van der Waals surface area contributed by atoms with E-state index in [1.165, 1.54) is 0 Å². The summed E-state index contributed by atoms with van der Waals surface area (Å²) in [5.74, 6) is 1.24. The Kier molecular flexibility index (Phi) is 4.57. The Bertz CT molecular complexity index is 467. The molecular weight excluding hydrogens is 260 g/mol. The Morgan fingerprint density at radius 1 is 1.35 bits per heavy atom. The first-order valence-electron chi connectivity index (χ1n) is 6.61. The van der Waals surface area contributed by atoms with Crippen LogP contribution in [0.1, 0.15) is 6.92 Å². The lowest BCUT2D eigenvalue weighted by atomic mass is 10.1. The molecular formula is C14H22N2O4. The maximum atomic E-state index is 9.27. The molecule has 1 heterocycles. The van der Waals surface area contributed by atoms with Gasteiger partial charge in [-0.25, -0.2) is 0 Å². The normalized spacial score (nSPS) is 22.7. The molecule has 2 atom stereocenters. The third-order valence-electron chi connectivity index (χ3n) is 3.55. The molecule has 1 aliphatic heterocycles. The highest BCUT2D eigenvalue weighted by Crippen LogP contribution is 2.38. The maximum Gasteiger partial charge on any atom is 0.162 e. The predicted molar refractivity (Wildman–Crippen MR) is 77.6 cm³/mol. The van der Waals surface area contributed by atoms with E-state index in [-0.39, 0.29) is 18.8 Å². The highest BCUT2D eigenvalue weighted by atomic mass is 16.5. The number of aliphatic hydroxyl groups is 1. The van der Waals surface area contributed by atoms with Gasteiger partial charge in [-0.1, -0.05) is 0 Å². The number of nitrogens with zero attached hydrogens (tertiary/aromatic N) is 1. The molecule has 20 heavy (non-hydrogen) atoms. The lowest BCUT2D eigenvalue weighted by Gasteiger charge is -2.39. The number of benzene rings is 1. The van der Waals surface area contributed by atoms with E-state index in [9.17, 15) is 5.11 Å². The van der Waals surface area contributed by atoms with Gasteiger partial charge in [0, 0.05) is 24.7 Å². The molecule has 3 N–H and O–H groups in total. The van der Waals surface area contributed by atoms with Gasteiger partial charge in [-0.3, -0.25) is 0 Å². The molecule has 0 aromatic heterocycles. The van der Waals surface area contributed by atoms with Crippen molar-refractivity contribution in [2.75, 3.05) is 44.6 Å². The van der Waals surface area contributed by atoms with Crippen molar-refractivity contribution in [2.45, 2.75) is 19.1 Å². The Hall–Kier alpha value is -1.66. The van der Waals surface area contributed by atoms with E-state index in [1.54, 1.807) is 20.3 Å². The van der Waals surface area contributed by atoms with Crippen molar-refractivity contribution >= 4 is 11.4 Å². The summed E-state index contributed by atoms with van der Waals surface area (Å²) in [7, 11) is 3.17. The van der Waals surface area contributed by atoms with Crippen molar-refractivity contribution < 1.29 is 19.3 Å². The van der Waals surface area contributed by atoms with E-state index in [4.69, 9.17) is 19.9 Å². The monoisotopic (exact) mass is 282 g/mol. The van der Waals surface area contributed by atoms with Gasteiger partial charge in [0.2, 0.25) is 0 Å². The number of nitrogen functional groups attached to an aromatic ring is 1. The Labute approximate surface area is 119 Å². The number of hydrogen-bond acceptors (Lipinski definition) is 6. The zero-order valence-electron chi connectivity index (χ0n) is 12.1. The van der Waals surface area contributed by atoms with Crippen LogP contribution < -0.4 is 20.1 Å². The largest absolute Gasteiger partial charge is 0.493 e. The van der Waals surface area contributed by atoms with Crippen molar-refractivity contribution in [3.05, 3.63) is 12.1 Å². The van der Waals surface area contributed by atoms with Crippen LogP contribution in [0, 0.1) is 0 Å². The highest BCUT2D eigenvalue weighted by Gasteiger charge is 2.27. The second-order valence-electron chi connectivity index (χ2n) is 4.91. The predicted octanol–water partition coefficient (Wildman–Crippen LogP) is 0.872. The van der Waals surface area contributed by atoms with Crippen LogP contribution in [0.2, 0.25) is 0 Å². The molecule has 0 saturated carbocycles. The number of anilines is 2. The van der Waals surface area contributed by atoms with Gasteiger partial charge in [0.05, 0.1) is 44.9 Å². The number of rotatable bonds is 4. The summed E-state index contributed by atoms with van der Waals surface area (Å²) in [4.78, 5) is 2.13. The van der Waals surface area contributed by atoms with Crippen molar-refractivity contribution in [3.8, 4) is 11.5 Å². The van der Waals surface area contributed by atoms with Crippen LogP contribution in [0.25, 0.3) is 0 Å². The first-order valence-corrected chi connectivity index (χ1v) is 6.61. The van der Waals surface area contributed by atoms with E-state index in [1.807, 2.05) is 6.07 Å². The first-order chi connectivity index (χ1) is 9.60. The number of morpholine rings is 1. The summed E-state index contributed by atoms with van der Waals surface area (Å²) >= 11 is 0. The SMILES string of the molecule is COc1cc(N)c(N2CC(CO)OCC2C)cc1OC. The zero-order chi connectivity index (χ0) is 14.7. The fourth-order valence-electron chi connectivity index (χ4n) is 2.40. The third-order valence-corrected chi connectivity index (χ3v) is 3.55. The number of nitrogens with two attached hydrogens (primary N) is 1. The number of hydrogen-bond donors (Lipinski definition) is 2. The summed E-state index contributed by atoms with van der Waals surface area (Å²) in [6.45, 7) is 3.20. The molecule has 1 fully saturated rings. The fraction of sp³-hybridized carbons (Fsp3) is 0.571. The van der Waals surface area contributed by atoms with Crippen molar-refractivity contribution in [1.82, 2.24) is 0 Å². The van der Waals surface area contributed by atoms with Gasteiger partial charge in [-0.05, 0) is 6.92 Å². The van der Waals surface area contributed by atoms with E-state index in [2.05, 4.69) is 11.8 Å². The Morgan fingerprint density at radius 2 is 2.00 bits per heavy atom. The lowest BCUT2D eigenvalue weighted by molar-refractivity contribution is -0.0103. The molecule has 0 aliphatic carbocycles. The summed E-state index contributed by atoms with van der Waals surface area (Å²) in [6, 6.07) is 3.80. The average Bonchev–Trinajstić information content (AvgIpc) is 2.47. The van der Waals surface area contributed by atoms with Crippen LogP contribution in [0.4, 0.5) is 11.4 Å². The van der Waals surface area contributed by atoms with Crippen LogP contribution in [0.15, 0.2) is 12.1 Å². The smallest absolute Gasteiger partial charge is 0.162 e. The Morgan fingerprint density at radius 3 is 2.60 bits per heavy atom. The molecule has 0 spiro atoms.